The average molecular weight is 887 g/mol. The number of esters is 3. The molecular weight excluding hydrogens is 793 g/mol. The van der Waals surface area contributed by atoms with Gasteiger partial charge in [0.15, 0.2) is 6.10 Å². The van der Waals surface area contributed by atoms with Gasteiger partial charge in [-0.1, -0.05) is 188 Å². The molecule has 64 heavy (non-hydrogen) atoms. The largest absolute Gasteiger partial charge is 0.462 e. The molecule has 0 saturated heterocycles. The maximum atomic E-state index is 12.8. The van der Waals surface area contributed by atoms with Gasteiger partial charge in [0.1, 0.15) is 13.2 Å². The van der Waals surface area contributed by atoms with Gasteiger partial charge in [0.25, 0.3) is 0 Å². The molecule has 6 nitrogen and oxygen atoms in total. The molecule has 6 heteroatoms. The number of unbranched alkanes of at least 4 members (excludes halogenated alkanes) is 16. The minimum Gasteiger partial charge on any atom is -0.462 e. The van der Waals surface area contributed by atoms with Crippen molar-refractivity contribution < 1.29 is 28.6 Å². The Morgan fingerprint density at radius 2 is 0.578 bits per heavy atom. The summed E-state index contributed by atoms with van der Waals surface area (Å²) in [5.74, 6) is -1.05. The summed E-state index contributed by atoms with van der Waals surface area (Å²) in [4.78, 5) is 37.9. The van der Waals surface area contributed by atoms with Crippen LogP contribution in [0.1, 0.15) is 220 Å². The molecule has 0 spiro atoms. The molecule has 0 rings (SSSR count). The fourth-order valence-electron chi connectivity index (χ4n) is 6.54. The van der Waals surface area contributed by atoms with E-state index in [1.54, 1.807) is 0 Å². The number of ether oxygens (including phenoxy) is 3. The highest BCUT2D eigenvalue weighted by Gasteiger charge is 2.19. The summed E-state index contributed by atoms with van der Waals surface area (Å²) in [5.41, 5.74) is 0. The first-order chi connectivity index (χ1) is 31.5. The molecule has 0 aromatic rings. The zero-order valence-electron chi connectivity index (χ0n) is 41.3. The van der Waals surface area contributed by atoms with Crippen LogP contribution >= 0.6 is 0 Å². The zero-order valence-corrected chi connectivity index (χ0v) is 41.3. The molecule has 0 amide bonds. The normalized spacial score (nSPS) is 13.0. The Morgan fingerprint density at radius 3 is 0.953 bits per heavy atom. The zero-order chi connectivity index (χ0) is 46.5. The molecular formula is C58H94O6. The smallest absolute Gasteiger partial charge is 0.306 e. The summed E-state index contributed by atoms with van der Waals surface area (Å²) >= 11 is 0. The van der Waals surface area contributed by atoms with E-state index in [0.717, 1.165) is 83.5 Å². The fraction of sp³-hybridized carbons (Fsp3) is 0.638. The molecule has 0 fully saturated rings. The lowest BCUT2D eigenvalue weighted by atomic mass is 10.1. The van der Waals surface area contributed by atoms with Crippen LogP contribution in [-0.2, 0) is 28.6 Å². The third-order valence-corrected chi connectivity index (χ3v) is 10.5. The van der Waals surface area contributed by atoms with Gasteiger partial charge in [-0.2, -0.15) is 0 Å². The lowest BCUT2D eigenvalue weighted by Crippen LogP contribution is -2.30. The van der Waals surface area contributed by atoms with Crippen LogP contribution in [0, 0.1) is 0 Å². The SMILES string of the molecule is CCCCC/C=C\C/C=C\C/C=C\C/C=C\CCCC(=O)OC[C@@H](COC(=O)CCCCCCC/C=C\CCCCC)OC(=O)CCC/C=C\C/C=C\C/C=C\C/C=C\CCCCC. The molecule has 0 bridgehead atoms. The van der Waals surface area contributed by atoms with E-state index in [9.17, 15) is 14.4 Å². The molecule has 0 aliphatic carbocycles. The Labute approximate surface area is 393 Å². The first kappa shape index (κ1) is 60.1. The van der Waals surface area contributed by atoms with Crippen molar-refractivity contribution in [3.8, 4) is 0 Å². The van der Waals surface area contributed by atoms with Gasteiger partial charge in [-0.15, -0.1) is 0 Å². The molecule has 0 aromatic carbocycles. The van der Waals surface area contributed by atoms with Gasteiger partial charge in [0.2, 0.25) is 0 Å². The number of carbonyl (C=O) groups is 3. The van der Waals surface area contributed by atoms with Gasteiger partial charge in [0, 0.05) is 19.3 Å². The van der Waals surface area contributed by atoms with Crippen LogP contribution in [0.15, 0.2) is 109 Å². The van der Waals surface area contributed by atoms with Crippen molar-refractivity contribution >= 4 is 17.9 Å². The minimum atomic E-state index is -0.833. The van der Waals surface area contributed by atoms with E-state index in [2.05, 4.69) is 130 Å². The molecule has 0 N–H and O–H groups in total. The summed E-state index contributed by atoms with van der Waals surface area (Å²) in [5, 5.41) is 0. The second kappa shape index (κ2) is 51.7. The van der Waals surface area contributed by atoms with E-state index in [1.165, 1.54) is 83.5 Å². The molecule has 1 atom stereocenters. The molecule has 0 heterocycles. The fourth-order valence-corrected chi connectivity index (χ4v) is 6.54. The van der Waals surface area contributed by atoms with Gasteiger partial charge in [-0.05, 0) is 122 Å². The first-order valence-corrected chi connectivity index (χ1v) is 25.9. The van der Waals surface area contributed by atoms with Crippen molar-refractivity contribution in [2.24, 2.45) is 0 Å². The molecule has 0 unspecified atom stereocenters. The Balaban J connectivity index is 4.59. The predicted molar refractivity (Wildman–Crippen MR) is 274 cm³/mol. The highest BCUT2D eigenvalue weighted by atomic mass is 16.6. The van der Waals surface area contributed by atoms with Gasteiger partial charge in [-0.3, -0.25) is 14.4 Å². The van der Waals surface area contributed by atoms with E-state index in [1.807, 2.05) is 0 Å². The van der Waals surface area contributed by atoms with Gasteiger partial charge in [-0.25, -0.2) is 0 Å². The Morgan fingerprint density at radius 1 is 0.312 bits per heavy atom. The van der Waals surface area contributed by atoms with Crippen LogP contribution in [0.25, 0.3) is 0 Å². The third-order valence-electron chi connectivity index (χ3n) is 10.5. The number of rotatable bonds is 45. The molecule has 0 aromatic heterocycles. The topological polar surface area (TPSA) is 78.9 Å². The van der Waals surface area contributed by atoms with Gasteiger partial charge < -0.3 is 14.2 Å². The lowest BCUT2D eigenvalue weighted by Gasteiger charge is -2.18. The number of carbonyl (C=O) groups excluding carboxylic acids is 3. The quantitative estimate of drug-likeness (QED) is 0.0262. The maximum Gasteiger partial charge on any atom is 0.306 e. The summed E-state index contributed by atoms with van der Waals surface area (Å²) in [6.07, 6.45) is 69.3. The molecule has 0 aliphatic heterocycles. The lowest BCUT2D eigenvalue weighted by molar-refractivity contribution is -0.167. The summed E-state index contributed by atoms with van der Waals surface area (Å²) in [7, 11) is 0. The summed E-state index contributed by atoms with van der Waals surface area (Å²) in [6.45, 7) is 6.44. The van der Waals surface area contributed by atoms with Crippen LogP contribution in [0.5, 0.6) is 0 Å². The highest BCUT2D eigenvalue weighted by Crippen LogP contribution is 2.11. The Hall–Kier alpha value is -3.93. The predicted octanol–water partition coefficient (Wildman–Crippen LogP) is 17.1. The second-order valence-corrected chi connectivity index (χ2v) is 16.7. The van der Waals surface area contributed by atoms with Crippen molar-refractivity contribution in [3.05, 3.63) is 109 Å². The van der Waals surface area contributed by atoms with E-state index in [0.29, 0.717) is 19.3 Å². The van der Waals surface area contributed by atoms with Crippen LogP contribution < -0.4 is 0 Å². The van der Waals surface area contributed by atoms with Crippen LogP contribution in [0.2, 0.25) is 0 Å². The van der Waals surface area contributed by atoms with Crippen molar-refractivity contribution in [3.63, 3.8) is 0 Å². The van der Waals surface area contributed by atoms with E-state index in [4.69, 9.17) is 14.2 Å². The standard InChI is InChI=1S/C58H94O6/c1-4-7-10-13-16-19-22-25-27-29-31-33-36-39-42-45-48-51-57(60)63-54-55(53-62-56(59)50-47-44-41-38-35-24-21-18-15-12-9-6-3)64-58(61)52-49-46-43-40-37-34-32-30-28-26-23-20-17-14-11-8-5-2/h16-21,25-28,31-34,39-40,42-43,55H,4-15,22-24,29-30,35-38,41,44-54H2,1-3H3/b19-16-,20-17-,21-18-,27-25-,28-26-,33-31-,34-32-,42-39-,43-40-/t55-/m1/s1. The average Bonchev–Trinajstić information content (AvgIpc) is 3.29. The highest BCUT2D eigenvalue weighted by molar-refractivity contribution is 5.71. The monoisotopic (exact) mass is 887 g/mol. The van der Waals surface area contributed by atoms with Crippen molar-refractivity contribution in [1.82, 2.24) is 0 Å². The summed E-state index contributed by atoms with van der Waals surface area (Å²) < 4.78 is 16.7. The van der Waals surface area contributed by atoms with E-state index >= 15 is 0 Å². The van der Waals surface area contributed by atoms with Gasteiger partial charge in [0.05, 0.1) is 0 Å². The number of allylic oxidation sites excluding steroid dienone is 18. The minimum absolute atomic E-state index is 0.123. The van der Waals surface area contributed by atoms with E-state index < -0.39 is 6.10 Å². The Kier molecular flexibility index (Phi) is 48.5. The first-order valence-electron chi connectivity index (χ1n) is 25.9. The third kappa shape index (κ3) is 49.1. The van der Waals surface area contributed by atoms with Crippen molar-refractivity contribution in [2.75, 3.05) is 13.2 Å². The number of hydrogen-bond acceptors (Lipinski definition) is 6. The Bertz CT molecular complexity index is 1340. The van der Waals surface area contributed by atoms with Crippen molar-refractivity contribution in [1.29, 1.82) is 0 Å². The summed E-state index contributed by atoms with van der Waals surface area (Å²) in [6, 6.07) is 0. The number of hydrogen-bond donors (Lipinski definition) is 0. The van der Waals surface area contributed by atoms with Crippen molar-refractivity contribution in [2.45, 2.75) is 226 Å². The van der Waals surface area contributed by atoms with Crippen LogP contribution in [0.3, 0.4) is 0 Å². The maximum absolute atomic E-state index is 12.8. The molecule has 0 radical (unpaired) electrons. The van der Waals surface area contributed by atoms with E-state index in [-0.39, 0.29) is 44.0 Å². The molecule has 0 saturated carbocycles. The van der Waals surface area contributed by atoms with Crippen LogP contribution in [0.4, 0.5) is 0 Å². The molecule has 362 valence electrons. The molecule has 0 aliphatic rings. The second-order valence-electron chi connectivity index (χ2n) is 16.7. The van der Waals surface area contributed by atoms with Gasteiger partial charge >= 0.3 is 17.9 Å². The van der Waals surface area contributed by atoms with Crippen LogP contribution in [-0.4, -0.2) is 37.2 Å².